The van der Waals surface area contributed by atoms with E-state index in [-0.39, 0.29) is 5.82 Å². The maximum absolute atomic E-state index is 13.7. The monoisotopic (exact) mass is 248 g/mol. The van der Waals surface area contributed by atoms with E-state index in [0.717, 1.165) is 6.42 Å². The molecule has 0 aliphatic carbocycles. The summed E-state index contributed by atoms with van der Waals surface area (Å²) < 4.78 is 13.7. The molecule has 3 heteroatoms. The van der Waals surface area contributed by atoms with E-state index in [2.05, 4.69) is 25.7 Å². The van der Waals surface area contributed by atoms with E-state index in [4.69, 9.17) is 5.26 Å². The highest BCUT2D eigenvalue weighted by Gasteiger charge is 2.13. The summed E-state index contributed by atoms with van der Waals surface area (Å²) in [5.74, 6) is 0.339. The van der Waals surface area contributed by atoms with E-state index in [1.165, 1.54) is 6.07 Å². The summed E-state index contributed by atoms with van der Waals surface area (Å²) in [7, 11) is 2.00. The van der Waals surface area contributed by atoms with Gasteiger partial charge in [-0.3, -0.25) is 4.90 Å². The Hall–Kier alpha value is -1.40. The molecule has 0 saturated carbocycles. The fourth-order valence-corrected chi connectivity index (χ4v) is 2.03. The summed E-state index contributed by atoms with van der Waals surface area (Å²) in [6, 6.07) is 7.03. The summed E-state index contributed by atoms with van der Waals surface area (Å²) in [6.07, 6.45) is 1.09. The van der Waals surface area contributed by atoms with Crippen molar-refractivity contribution in [3.8, 4) is 6.07 Å². The quantitative estimate of drug-likeness (QED) is 0.796. The van der Waals surface area contributed by atoms with Crippen LogP contribution in [0.3, 0.4) is 0 Å². The first kappa shape index (κ1) is 14.7. The Morgan fingerprint density at radius 3 is 2.50 bits per heavy atom. The predicted molar refractivity (Wildman–Crippen MR) is 71.5 cm³/mol. The van der Waals surface area contributed by atoms with Crippen LogP contribution in [0.1, 0.15) is 38.3 Å². The van der Waals surface area contributed by atoms with Crippen molar-refractivity contribution in [3.63, 3.8) is 0 Å². The Balaban J connectivity index is 2.70. The number of nitriles is 1. The number of nitrogens with zero attached hydrogens (tertiary/aromatic N) is 2. The van der Waals surface area contributed by atoms with Gasteiger partial charge in [-0.15, -0.1) is 0 Å². The first-order valence-corrected chi connectivity index (χ1v) is 6.32. The van der Waals surface area contributed by atoms with Crippen LogP contribution in [0.25, 0.3) is 0 Å². The van der Waals surface area contributed by atoms with Gasteiger partial charge >= 0.3 is 0 Å². The molecule has 1 atom stereocenters. The minimum atomic E-state index is -0.294. The van der Waals surface area contributed by atoms with Crippen LogP contribution in [0.4, 0.5) is 4.39 Å². The molecule has 0 aromatic heterocycles. The highest BCUT2D eigenvalue weighted by Crippen LogP contribution is 2.16. The number of halogens is 1. The molecule has 1 rings (SSSR count). The third kappa shape index (κ3) is 4.12. The lowest BCUT2D eigenvalue weighted by Crippen LogP contribution is -2.30. The molecule has 0 aliphatic heterocycles. The molecule has 0 heterocycles. The largest absolute Gasteiger partial charge is 0.299 e. The summed E-state index contributed by atoms with van der Waals surface area (Å²) in [5.41, 5.74) is 1.02. The molecule has 98 valence electrons. The minimum Gasteiger partial charge on any atom is -0.299 e. The molecule has 2 nitrogen and oxygen atoms in total. The fourth-order valence-electron chi connectivity index (χ4n) is 2.03. The highest BCUT2D eigenvalue weighted by molar-refractivity contribution is 5.32. The Kier molecular flexibility index (Phi) is 5.30. The zero-order valence-corrected chi connectivity index (χ0v) is 11.6. The predicted octanol–water partition coefficient (Wildman–Crippen LogP) is 3.56. The summed E-state index contributed by atoms with van der Waals surface area (Å²) in [5, 5.41) is 8.70. The first-order valence-electron chi connectivity index (χ1n) is 6.32. The average molecular weight is 248 g/mol. The van der Waals surface area contributed by atoms with Gasteiger partial charge in [0.2, 0.25) is 0 Å². The SMILES string of the molecule is CC(C)CC(C)N(C)Cc1ccc(C#N)cc1F. The molecule has 1 aromatic rings. The molecule has 0 spiro atoms. The van der Waals surface area contributed by atoms with Gasteiger partial charge in [0.05, 0.1) is 11.6 Å². The van der Waals surface area contributed by atoms with Crippen LogP contribution < -0.4 is 0 Å². The van der Waals surface area contributed by atoms with Crippen LogP contribution in [-0.4, -0.2) is 18.0 Å². The van der Waals surface area contributed by atoms with Gasteiger partial charge < -0.3 is 0 Å². The first-order chi connectivity index (χ1) is 8.43. The van der Waals surface area contributed by atoms with Crippen molar-refractivity contribution in [2.75, 3.05) is 7.05 Å². The summed E-state index contributed by atoms with van der Waals surface area (Å²) in [6.45, 7) is 7.10. The number of hydrogen-bond acceptors (Lipinski definition) is 2. The molecule has 0 aliphatic rings. The van der Waals surface area contributed by atoms with Gasteiger partial charge in [0.15, 0.2) is 0 Å². The van der Waals surface area contributed by atoms with Crippen LogP contribution >= 0.6 is 0 Å². The molecule has 0 radical (unpaired) electrons. The fraction of sp³-hybridized carbons (Fsp3) is 0.533. The standard InChI is InChI=1S/C15H21FN2/c1-11(2)7-12(3)18(4)10-14-6-5-13(9-17)8-15(14)16/h5-6,8,11-12H,7,10H2,1-4H3. The Labute approximate surface area is 109 Å². The normalized spacial score (nSPS) is 12.8. The van der Waals surface area contributed by atoms with E-state index in [9.17, 15) is 4.39 Å². The van der Waals surface area contributed by atoms with E-state index < -0.39 is 0 Å². The van der Waals surface area contributed by atoms with Gasteiger partial charge in [0.1, 0.15) is 5.82 Å². The van der Waals surface area contributed by atoms with E-state index in [1.807, 2.05) is 13.1 Å². The molecule has 0 amide bonds. The second-order valence-electron chi connectivity index (χ2n) is 5.31. The molecule has 0 fully saturated rings. The Bertz CT molecular complexity index is 435. The topological polar surface area (TPSA) is 27.0 Å². The number of benzene rings is 1. The van der Waals surface area contributed by atoms with Gasteiger partial charge in [-0.1, -0.05) is 19.9 Å². The summed E-state index contributed by atoms with van der Waals surface area (Å²) in [4.78, 5) is 2.14. The van der Waals surface area contributed by atoms with Crippen molar-refractivity contribution in [2.45, 2.75) is 39.8 Å². The van der Waals surface area contributed by atoms with Crippen molar-refractivity contribution >= 4 is 0 Å². The van der Waals surface area contributed by atoms with Crippen molar-refractivity contribution in [3.05, 3.63) is 35.1 Å². The van der Waals surface area contributed by atoms with Crippen LogP contribution in [0, 0.1) is 23.1 Å². The van der Waals surface area contributed by atoms with Crippen LogP contribution in [0.15, 0.2) is 18.2 Å². The minimum absolute atomic E-state index is 0.294. The summed E-state index contributed by atoms with van der Waals surface area (Å²) >= 11 is 0. The van der Waals surface area contributed by atoms with E-state index in [0.29, 0.717) is 29.6 Å². The lowest BCUT2D eigenvalue weighted by Gasteiger charge is -2.26. The van der Waals surface area contributed by atoms with Gasteiger partial charge in [-0.05, 0) is 38.4 Å². The third-order valence-electron chi connectivity index (χ3n) is 3.17. The van der Waals surface area contributed by atoms with Crippen molar-refractivity contribution in [1.29, 1.82) is 5.26 Å². The lowest BCUT2D eigenvalue weighted by molar-refractivity contribution is 0.218. The van der Waals surface area contributed by atoms with Crippen LogP contribution in [0.5, 0.6) is 0 Å². The van der Waals surface area contributed by atoms with Crippen molar-refractivity contribution in [1.82, 2.24) is 4.90 Å². The molecule has 18 heavy (non-hydrogen) atoms. The molecule has 0 saturated heterocycles. The van der Waals surface area contributed by atoms with E-state index >= 15 is 0 Å². The number of hydrogen-bond donors (Lipinski definition) is 0. The molecular weight excluding hydrogens is 227 g/mol. The molecule has 1 unspecified atom stereocenters. The molecule has 0 N–H and O–H groups in total. The second-order valence-corrected chi connectivity index (χ2v) is 5.31. The Morgan fingerprint density at radius 1 is 1.33 bits per heavy atom. The Morgan fingerprint density at radius 2 is 2.00 bits per heavy atom. The maximum Gasteiger partial charge on any atom is 0.129 e. The van der Waals surface area contributed by atoms with Crippen LogP contribution in [0.2, 0.25) is 0 Å². The smallest absolute Gasteiger partial charge is 0.129 e. The number of rotatable bonds is 5. The lowest BCUT2D eigenvalue weighted by atomic mass is 10.0. The highest BCUT2D eigenvalue weighted by atomic mass is 19.1. The maximum atomic E-state index is 13.7. The zero-order valence-electron chi connectivity index (χ0n) is 11.6. The van der Waals surface area contributed by atoms with Crippen molar-refractivity contribution < 1.29 is 4.39 Å². The second kappa shape index (κ2) is 6.51. The third-order valence-corrected chi connectivity index (χ3v) is 3.17. The van der Waals surface area contributed by atoms with Crippen molar-refractivity contribution in [2.24, 2.45) is 5.92 Å². The van der Waals surface area contributed by atoms with E-state index in [1.54, 1.807) is 12.1 Å². The molecule has 1 aromatic carbocycles. The zero-order chi connectivity index (χ0) is 13.7. The van der Waals surface area contributed by atoms with Gasteiger partial charge in [-0.2, -0.15) is 5.26 Å². The van der Waals surface area contributed by atoms with Crippen LogP contribution in [-0.2, 0) is 6.54 Å². The van der Waals surface area contributed by atoms with Gasteiger partial charge in [-0.25, -0.2) is 4.39 Å². The average Bonchev–Trinajstić information content (AvgIpc) is 2.30. The van der Waals surface area contributed by atoms with Gasteiger partial charge in [0, 0.05) is 18.2 Å². The van der Waals surface area contributed by atoms with Gasteiger partial charge in [0.25, 0.3) is 0 Å². The molecular formula is C15H21FN2. The molecule has 0 bridgehead atoms.